The molecule has 1 N–H and O–H groups in total. The molecule has 2 nitrogen and oxygen atoms in total. The van der Waals surface area contributed by atoms with Crippen LogP contribution in [0.5, 0.6) is 0 Å². The lowest BCUT2D eigenvalue weighted by molar-refractivity contribution is -0.139. The van der Waals surface area contributed by atoms with Crippen LogP contribution in [-0.4, -0.2) is 54.8 Å². The van der Waals surface area contributed by atoms with E-state index in [4.69, 9.17) is 0 Å². The highest BCUT2D eigenvalue weighted by molar-refractivity contribution is 7.99. The van der Waals surface area contributed by atoms with E-state index < -0.39 is 18.6 Å². The van der Waals surface area contributed by atoms with Crippen LogP contribution in [0.1, 0.15) is 13.3 Å². The lowest BCUT2D eigenvalue weighted by Gasteiger charge is -2.27. The Morgan fingerprint density at radius 2 is 1.94 bits per heavy atom. The molecule has 0 aromatic heterocycles. The molecule has 0 amide bonds. The van der Waals surface area contributed by atoms with Crippen molar-refractivity contribution in [3.63, 3.8) is 0 Å². The van der Waals surface area contributed by atoms with Crippen LogP contribution in [0.4, 0.5) is 13.2 Å². The Labute approximate surface area is 98.9 Å². The summed E-state index contributed by atoms with van der Waals surface area (Å²) in [5.41, 5.74) is 0. The zero-order valence-corrected chi connectivity index (χ0v) is 10.3. The highest BCUT2D eigenvalue weighted by Gasteiger charge is 2.29. The van der Waals surface area contributed by atoms with E-state index in [-0.39, 0.29) is 0 Å². The Kier molecular flexibility index (Phi) is 5.92. The molecule has 6 heteroatoms. The van der Waals surface area contributed by atoms with Crippen LogP contribution in [0.25, 0.3) is 0 Å². The molecule has 0 aromatic carbocycles. The Morgan fingerprint density at radius 1 is 1.31 bits per heavy atom. The van der Waals surface area contributed by atoms with Gasteiger partial charge in [-0.3, -0.25) is 0 Å². The molecule has 1 aliphatic heterocycles. The van der Waals surface area contributed by atoms with Gasteiger partial charge in [-0.2, -0.15) is 24.9 Å². The highest BCUT2D eigenvalue weighted by atomic mass is 32.2. The zero-order chi connectivity index (χ0) is 12.0. The van der Waals surface area contributed by atoms with Crippen LogP contribution in [0, 0.1) is 0 Å². The first kappa shape index (κ1) is 14.1. The van der Waals surface area contributed by atoms with E-state index >= 15 is 0 Å². The molecular weight excluding hydrogens is 237 g/mol. The molecule has 1 unspecified atom stereocenters. The molecule has 1 fully saturated rings. The predicted molar refractivity (Wildman–Crippen MR) is 61.9 cm³/mol. The summed E-state index contributed by atoms with van der Waals surface area (Å²) >= 11 is 1.94. The first-order valence-electron chi connectivity index (χ1n) is 5.57. The van der Waals surface area contributed by atoms with Gasteiger partial charge in [-0.05, 0) is 6.92 Å². The van der Waals surface area contributed by atoms with Crippen LogP contribution in [-0.2, 0) is 0 Å². The third-order valence-corrected chi connectivity index (χ3v) is 3.50. The van der Waals surface area contributed by atoms with Crippen molar-refractivity contribution in [2.75, 3.05) is 37.7 Å². The van der Waals surface area contributed by atoms with Crippen molar-refractivity contribution in [3.8, 4) is 0 Å². The highest BCUT2D eigenvalue weighted by Crippen LogP contribution is 2.21. The molecule has 1 heterocycles. The van der Waals surface area contributed by atoms with Crippen LogP contribution >= 0.6 is 11.8 Å². The van der Waals surface area contributed by atoms with Crippen molar-refractivity contribution >= 4 is 11.8 Å². The van der Waals surface area contributed by atoms with Gasteiger partial charge in [0.05, 0.1) is 6.42 Å². The summed E-state index contributed by atoms with van der Waals surface area (Å²) in [6, 6.07) is -0.487. The first-order chi connectivity index (χ1) is 7.47. The molecule has 1 saturated heterocycles. The van der Waals surface area contributed by atoms with Gasteiger partial charge in [0.15, 0.2) is 0 Å². The molecule has 0 spiro atoms. The monoisotopic (exact) mass is 256 g/mol. The smallest absolute Gasteiger partial charge is 0.313 e. The summed E-state index contributed by atoms with van der Waals surface area (Å²) in [6.45, 7) is 5.18. The predicted octanol–water partition coefficient (Wildman–Crippen LogP) is 1.97. The quantitative estimate of drug-likeness (QED) is 0.809. The van der Waals surface area contributed by atoms with Crippen molar-refractivity contribution in [3.05, 3.63) is 0 Å². The standard InChI is InChI=1S/C10H19F3N2S/c1-9(8-10(11,12)13)14-2-3-15-4-6-16-7-5-15/h9,14H,2-8H2,1H3. The van der Waals surface area contributed by atoms with E-state index in [2.05, 4.69) is 10.2 Å². The van der Waals surface area contributed by atoms with Crippen molar-refractivity contribution in [1.82, 2.24) is 10.2 Å². The van der Waals surface area contributed by atoms with Gasteiger partial charge >= 0.3 is 6.18 Å². The Bertz CT molecular complexity index is 193. The molecule has 1 aliphatic rings. The maximum atomic E-state index is 12.0. The van der Waals surface area contributed by atoms with Gasteiger partial charge in [0.2, 0.25) is 0 Å². The van der Waals surface area contributed by atoms with Gasteiger partial charge in [-0.15, -0.1) is 0 Å². The number of nitrogens with zero attached hydrogens (tertiary/aromatic N) is 1. The summed E-state index contributed by atoms with van der Waals surface area (Å²) in [4.78, 5) is 2.30. The van der Waals surface area contributed by atoms with Crippen molar-refractivity contribution in [2.45, 2.75) is 25.6 Å². The van der Waals surface area contributed by atoms with Gasteiger partial charge in [-0.25, -0.2) is 0 Å². The normalized spacial score (nSPS) is 21.0. The number of hydrogen-bond donors (Lipinski definition) is 1. The second-order valence-corrected chi connectivity index (χ2v) is 5.35. The third kappa shape index (κ3) is 6.60. The van der Waals surface area contributed by atoms with E-state index in [0.717, 1.165) is 31.1 Å². The molecule has 0 bridgehead atoms. The summed E-state index contributed by atoms with van der Waals surface area (Å²) in [6.07, 6.45) is -4.81. The summed E-state index contributed by atoms with van der Waals surface area (Å²) in [5.74, 6) is 2.27. The van der Waals surface area contributed by atoms with Gasteiger partial charge < -0.3 is 10.2 Å². The molecule has 0 saturated carbocycles. The Hall–Kier alpha value is 0.0600. The fourth-order valence-electron chi connectivity index (χ4n) is 1.71. The van der Waals surface area contributed by atoms with Crippen LogP contribution < -0.4 is 5.32 Å². The van der Waals surface area contributed by atoms with Gasteiger partial charge in [0.25, 0.3) is 0 Å². The fraction of sp³-hybridized carbons (Fsp3) is 1.00. The van der Waals surface area contributed by atoms with E-state index in [9.17, 15) is 13.2 Å². The number of alkyl halides is 3. The lowest BCUT2D eigenvalue weighted by Crippen LogP contribution is -2.40. The van der Waals surface area contributed by atoms with E-state index in [0.29, 0.717) is 6.54 Å². The van der Waals surface area contributed by atoms with Crippen molar-refractivity contribution < 1.29 is 13.2 Å². The average Bonchev–Trinajstić information content (AvgIpc) is 2.16. The fourth-order valence-corrected chi connectivity index (χ4v) is 2.69. The third-order valence-electron chi connectivity index (χ3n) is 2.56. The minimum absolute atomic E-state index is 0.487. The van der Waals surface area contributed by atoms with E-state index in [1.807, 2.05) is 11.8 Å². The lowest BCUT2D eigenvalue weighted by atomic mass is 10.2. The number of hydrogen-bond acceptors (Lipinski definition) is 3. The van der Waals surface area contributed by atoms with Crippen molar-refractivity contribution in [2.24, 2.45) is 0 Å². The zero-order valence-electron chi connectivity index (χ0n) is 9.52. The van der Waals surface area contributed by atoms with Gasteiger partial charge in [0.1, 0.15) is 0 Å². The second-order valence-electron chi connectivity index (χ2n) is 4.13. The molecule has 16 heavy (non-hydrogen) atoms. The van der Waals surface area contributed by atoms with E-state index in [1.54, 1.807) is 6.92 Å². The summed E-state index contributed by atoms with van der Waals surface area (Å²) in [7, 11) is 0. The molecule has 0 aliphatic carbocycles. The minimum Gasteiger partial charge on any atom is -0.313 e. The maximum absolute atomic E-state index is 12.0. The van der Waals surface area contributed by atoms with Gasteiger partial charge in [0, 0.05) is 43.7 Å². The second kappa shape index (κ2) is 6.71. The topological polar surface area (TPSA) is 15.3 Å². The molecule has 0 radical (unpaired) electrons. The molecule has 0 aromatic rings. The summed E-state index contributed by atoms with van der Waals surface area (Å²) < 4.78 is 36.1. The van der Waals surface area contributed by atoms with Crippen molar-refractivity contribution in [1.29, 1.82) is 0 Å². The molecule has 1 atom stereocenters. The first-order valence-corrected chi connectivity index (χ1v) is 6.73. The molecular formula is C10H19F3N2S. The number of halogens is 3. The summed E-state index contributed by atoms with van der Waals surface area (Å²) in [5, 5.41) is 2.92. The van der Waals surface area contributed by atoms with E-state index in [1.165, 1.54) is 0 Å². The average molecular weight is 256 g/mol. The largest absolute Gasteiger partial charge is 0.390 e. The Morgan fingerprint density at radius 3 is 2.50 bits per heavy atom. The minimum atomic E-state index is -4.06. The van der Waals surface area contributed by atoms with Crippen LogP contribution in [0.15, 0.2) is 0 Å². The Balaban J connectivity index is 2.05. The number of nitrogens with one attached hydrogen (secondary N) is 1. The molecule has 96 valence electrons. The number of thioether (sulfide) groups is 1. The molecule has 1 rings (SSSR count). The van der Waals surface area contributed by atoms with Crippen LogP contribution in [0.3, 0.4) is 0 Å². The maximum Gasteiger partial charge on any atom is 0.390 e. The van der Waals surface area contributed by atoms with Gasteiger partial charge in [-0.1, -0.05) is 0 Å². The SMILES string of the molecule is CC(CC(F)(F)F)NCCN1CCSCC1. The number of rotatable bonds is 5. The van der Waals surface area contributed by atoms with Crippen LogP contribution in [0.2, 0.25) is 0 Å².